The molecule has 124 valence electrons. The second kappa shape index (κ2) is 5.95. The van der Waals surface area contributed by atoms with Crippen LogP contribution in [0.1, 0.15) is 42.4 Å². The van der Waals surface area contributed by atoms with Gasteiger partial charge in [0.25, 0.3) is 0 Å². The number of phenolic OH excluding ortho intramolecular Hbond substituents is 1. The smallest absolute Gasteiger partial charge is 0.143 e. The van der Waals surface area contributed by atoms with Gasteiger partial charge in [-0.2, -0.15) is 0 Å². The second-order valence-electron chi connectivity index (χ2n) is 7.00. The number of aromatic hydroxyl groups is 1. The molecule has 3 aliphatic rings. The maximum atomic E-state index is 12.9. The fourth-order valence-electron chi connectivity index (χ4n) is 5.17. The first-order valence-corrected chi connectivity index (χ1v) is 8.40. The van der Waals surface area contributed by atoms with Crippen molar-refractivity contribution in [1.82, 2.24) is 5.32 Å². The number of fused-ring (bicyclic) bond motifs is 1. The Kier molecular flexibility index (Phi) is 4.28. The normalized spacial score (nSPS) is 31.6. The van der Waals surface area contributed by atoms with Crippen molar-refractivity contribution in [3.05, 3.63) is 41.5 Å². The summed E-state index contributed by atoms with van der Waals surface area (Å²) in [4.78, 5) is 12.9. The van der Waals surface area contributed by atoms with Gasteiger partial charge in [0.2, 0.25) is 0 Å². The summed E-state index contributed by atoms with van der Waals surface area (Å²) in [5, 5.41) is 14.3. The second-order valence-corrected chi connectivity index (χ2v) is 7.00. The molecular weight excluding hydrogens is 310 g/mol. The topological polar surface area (TPSA) is 49.3 Å². The quantitative estimate of drug-likeness (QED) is 0.818. The lowest BCUT2D eigenvalue weighted by Gasteiger charge is -2.54. The average Bonchev–Trinajstić information content (AvgIpc) is 2.51. The lowest BCUT2D eigenvalue weighted by atomic mass is 9.52. The minimum absolute atomic E-state index is 0. The van der Waals surface area contributed by atoms with Crippen LogP contribution in [-0.2, 0) is 23.1 Å². The van der Waals surface area contributed by atoms with Gasteiger partial charge in [-0.1, -0.05) is 18.2 Å². The Balaban J connectivity index is 0.00000156. The number of benzene rings is 1. The van der Waals surface area contributed by atoms with E-state index in [0.717, 1.165) is 48.9 Å². The summed E-state index contributed by atoms with van der Waals surface area (Å²) in [6, 6.07) is 4.44. The molecule has 0 amide bonds. The molecule has 1 saturated carbocycles. The number of phenols is 1. The number of rotatable bonds is 2. The van der Waals surface area contributed by atoms with Crippen LogP contribution in [0, 0.1) is 5.92 Å². The molecular formula is C19H24ClNO2. The van der Waals surface area contributed by atoms with E-state index in [0.29, 0.717) is 36.3 Å². The molecule has 4 heteroatoms. The number of nitrogens with one attached hydrogen (secondary N) is 1. The van der Waals surface area contributed by atoms with E-state index in [1.54, 1.807) is 0 Å². The van der Waals surface area contributed by atoms with E-state index in [1.807, 2.05) is 12.1 Å². The number of hydrogen-bond donors (Lipinski definition) is 2. The summed E-state index contributed by atoms with van der Waals surface area (Å²) >= 11 is 0. The van der Waals surface area contributed by atoms with Crippen LogP contribution in [-0.4, -0.2) is 23.5 Å². The highest BCUT2D eigenvalue weighted by Crippen LogP contribution is 2.53. The van der Waals surface area contributed by atoms with E-state index < -0.39 is 0 Å². The van der Waals surface area contributed by atoms with Crippen molar-refractivity contribution < 1.29 is 9.90 Å². The van der Waals surface area contributed by atoms with Crippen molar-refractivity contribution in [1.29, 1.82) is 0 Å². The minimum Gasteiger partial charge on any atom is -0.507 e. The largest absolute Gasteiger partial charge is 0.507 e. The van der Waals surface area contributed by atoms with Gasteiger partial charge >= 0.3 is 0 Å². The van der Waals surface area contributed by atoms with Crippen molar-refractivity contribution in [3.63, 3.8) is 0 Å². The van der Waals surface area contributed by atoms with Crippen LogP contribution in [0.4, 0.5) is 0 Å². The fourth-order valence-corrected chi connectivity index (χ4v) is 5.17. The minimum atomic E-state index is -0.341. The van der Waals surface area contributed by atoms with Gasteiger partial charge in [0, 0.05) is 12.5 Å². The van der Waals surface area contributed by atoms with Gasteiger partial charge in [-0.15, -0.1) is 19.0 Å². The molecule has 23 heavy (non-hydrogen) atoms. The highest BCUT2D eigenvalue weighted by atomic mass is 35.5. The highest BCUT2D eigenvalue weighted by molar-refractivity contribution is 5.92. The van der Waals surface area contributed by atoms with Crippen LogP contribution in [0.25, 0.3) is 0 Å². The molecule has 0 spiro atoms. The van der Waals surface area contributed by atoms with Crippen molar-refractivity contribution in [2.45, 2.75) is 50.0 Å². The SMILES string of the molecule is C=CCc1ccc2c(c1O)C[C@H]1NCC[C@@]23C(=O)CCC[C@@H]13.Cl. The third-order valence-corrected chi connectivity index (χ3v) is 6.10. The molecule has 2 aliphatic carbocycles. The molecule has 0 radical (unpaired) electrons. The van der Waals surface area contributed by atoms with Crippen molar-refractivity contribution >= 4 is 18.2 Å². The first kappa shape index (κ1) is 16.5. The Hall–Kier alpha value is -1.32. The van der Waals surface area contributed by atoms with E-state index in [1.165, 1.54) is 0 Å². The summed E-state index contributed by atoms with van der Waals surface area (Å²) < 4.78 is 0. The van der Waals surface area contributed by atoms with Gasteiger partial charge < -0.3 is 10.4 Å². The van der Waals surface area contributed by atoms with Crippen LogP contribution in [0.2, 0.25) is 0 Å². The molecule has 1 saturated heterocycles. The summed E-state index contributed by atoms with van der Waals surface area (Å²) in [6.07, 6.45) is 7.03. The molecule has 1 aromatic carbocycles. The van der Waals surface area contributed by atoms with Crippen LogP contribution in [0.3, 0.4) is 0 Å². The standard InChI is InChI=1S/C19H23NO2.ClH/c1-2-4-12-7-8-14-13(18(12)22)11-16-15-5-3-6-17(21)19(14,15)9-10-20-16;/h2,7-8,15-16,20,22H,1,3-6,9-11H2;1H/t15-,16+,19+;/m0./s1. The Morgan fingerprint density at radius 3 is 3.04 bits per heavy atom. The van der Waals surface area contributed by atoms with E-state index in [2.05, 4.69) is 18.0 Å². The van der Waals surface area contributed by atoms with Gasteiger partial charge in [0.15, 0.2) is 0 Å². The predicted octanol–water partition coefficient (Wildman–Crippen LogP) is 3.07. The van der Waals surface area contributed by atoms with Gasteiger partial charge in [0.05, 0.1) is 5.41 Å². The summed E-state index contributed by atoms with van der Waals surface area (Å²) in [5.41, 5.74) is 2.70. The molecule has 3 atom stereocenters. The molecule has 3 nitrogen and oxygen atoms in total. The molecule has 1 heterocycles. The van der Waals surface area contributed by atoms with Crippen molar-refractivity contribution in [2.24, 2.45) is 5.92 Å². The number of piperidine rings is 1. The van der Waals surface area contributed by atoms with Crippen LogP contribution in [0.15, 0.2) is 24.8 Å². The number of carbonyl (C=O) groups is 1. The zero-order chi connectivity index (χ0) is 15.3. The Labute approximate surface area is 143 Å². The molecule has 1 aliphatic heterocycles. The zero-order valence-electron chi connectivity index (χ0n) is 13.3. The van der Waals surface area contributed by atoms with Crippen molar-refractivity contribution in [2.75, 3.05) is 6.54 Å². The zero-order valence-corrected chi connectivity index (χ0v) is 14.1. The third-order valence-electron chi connectivity index (χ3n) is 6.10. The fraction of sp³-hybridized carbons (Fsp3) is 0.526. The van der Waals surface area contributed by atoms with Gasteiger partial charge in [-0.3, -0.25) is 4.79 Å². The summed E-state index contributed by atoms with van der Waals surface area (Å²) in [7, 11) is 0. The Bertz CT molecular complexity index is 657. The first-order valence-electron chi connectivity index (χ1n) is 8.40. The van der Waals surface area contributed by atoms with Gasteiger partial charge in [-0.05, 0) is 61.3 Å². The molecule has 4 rings (SSSR count). The van der Waals surface area contributed by atoms with E-state index in [4.69, 9.17) is 0 Å². The monoisotopic (exact) mass is 333 g/mol. The number of carbonyl (C=O) groups excluding carboxylic acids is 1. The lowest BCUT2D eigenvalue weighted by Crippen LogP contribution is -2.62. The molecule has 2 fully saturated rings. The molecule has 2 bridgehead atoms. The predicted molar refractivity (Wildman–Crippen MR) is 93.4 cm³/mol. The maximum absolute atomic E-state index is 12.9. The van der Waals surface area contributed by atoms with Crippen molar-refractivity contribution in [3.8, 4) is 5.75 Å². The van der Waals surface area contributed by atoms with Crippen LogP contribution >= 0.6 is 12.4 Å². The average molecular weight is 334 g/mol. The van der Waals surface area contributed by atoms with E-state index >= 15 is 0 Å². The van der Waals surface area contributed by atoms with E-state index in [-0.39, 0.29) is 17.8 Å². The van der Waals surface area contributed by atoms with Crippen LogP contribution in [0.5, 0.6) is 5.75 Å². The molecule has 1 aromatic rings. The number of Topliss-reactive ketones (excluding diaryl/α,β-unsaturated/α-hetero) is 1. The summed E-state index contributed by atoms with van der Waals surface area (Å²) in [5.74, 6) is 1.19. The Morgan fingerprint density at radius 2 is 2.26 bits per heavy atom. The third kappa shape index (κ3) is 2.17. The molecule has 0 aromatic heterocycles. The van der Waals surface area contributed by atoms with Gasteiger partial charge in [0.1, 0.15) is 11.5 Å². The highest BCUT2D eigenvalue weighted by Gasteiger charge is 2.56. The number of allylic oxidation sites excluding steroid dienone is 1. The number of halogens is 1. The van der Waals surface area contributed by atoms with E-state index in [9.17, 15) is 9.90 Å². The van der Waals surface area contributed by atoms with Crippen LogP contribution < -0.4 is 5.32 Å². The number of ketones is 1. The number of hydrogen-bond acceptors (Lipinski definition) is 3. The molecule has 0 unspecified atom stereocenters. The maximum Gasteiger partial charge on any atom is 0.143 e. The first-order chi connectivity index (χ1) is 10.7. The summed E-state index contributed by atoms with van der Waals surface area (Å²) in [6.45, 7) is 4.67. The Morgan fingerprint density at radius 1 is 1.43 bits per heavy atom. The lowest BCUT2D eigenvalue weighted by molar-refractivity contribution is -0.132. The van der Waals surface area contributed by atoms with Gasteiger partial charge in [-0.25, -0.2) is 0 Å². The molecule has 2 N–H and O–H groups in total.